The second kappa shape index (κ2) is 8.03. The minimum Gasteiger partial charge on any atom is -0.454 e. The summed E-state index contributed by atoms with van der Waals surface area (Å²) < 4.78 is 37.5. The molecule has 146 valence electrons. The van der Waals surface area contributed by atoms with E-state index in [1.54, 1.807) is 36.4 Å². The van der Waals surface area contributed by atoms with E-state index in [0.29, 0.717) is 5.52 Å². The fourth-order valence-corrected chi connectivity index (χ4v) is 2.80. The Bertz CT molecular complexity index is 1020. The third-order valence-electron chi connectivity index (χ3n) is 4.13. The van der Waals surface area contributed by atoms with Crippen molar-refractivity contribution in [1.82, 2.24) is 9.55 Å². The smallest absolute Gasteiger partial charge is 0.413 e. The zero-order valence-electron chi connectivity index (χ0n) is 15.1. The van der Waals surface area contributed by atoms with Crippen molar-refractivity contribution >= 4 is 28.8 Å². The molecule has 3 aromatic rings. The van der Waals surface area contributed by atoms with E-state index in [2.05, 4.69) is 9.72 Å². The number of nitrogens with zero attached hydrogens (tertiary/aromatic N) is 3. The van der Waals surface area contributed by atoms with E-state index in [0.717, 1.165) is 9.47 Å². The molecule has 0 fully saturated rings. The van der Waals surface area contributed by atoms with Gasteiger partial charge in [-0.15, -0.1) is 0 Å². The number of carbonyl (C=O) groups is 2. The molecule has 0 aliphatic heterocycles. The van der Waals surface area contributed by atoms with Gasteiger partial charge in [-0.25, -0.2) is 14.6 Å². The fraction of sp³-hybridized carbons (Fsp3) is 0.211. The molecule has 9 heteroatoms. The minimum atomic E-state index is -2.83. The number of anilines is 1. The van der Waals surface area contributed by atoms with Crippen LogP contribution < -0.4 is 4.90 Å². The van der Waals surface area contributed by atoms with E-state index in [9.17, 15) is 18.4 Å². The highest BCUT2D eigenvalue weighted by atomic mass is 19.3. The van der Waals surface area contributed by atoms with Gasteiger partial charge in [-0.1, -0.05) is 24.3 Å². The van der Waals surface area contributed by atoms with Crippen molar-refractivity contribution in [3.63, 3.8) is 0 Å². The van der Waals surface area contributed by atoms with Crippen LogP contribution in [0.15, 0.2) is 48.5 Å². The molecule has 2 aromatic carbocycles. The normalized spacial score (nSPS) is 10.9. The van der Waals surface area contributed by atoms with Crippen molar-refractivity contribution in [2.45, 2.75) is 13.2 Å². The molecule has 0 aliphatic rings. The van der Waals surface area contributed by atoms with Gasteiger partial charge in [0.15, 0.2) is 5.82 Å². The van der Waals surface area contributed by atoms with E-state index in [4.69, 9.17) is 4.74 Å². The lowest BCUT2D eigenvalue weighted by Crippen LogP contribution is -2.27. The number of halogens is 2. The molecule has 1 aromatic heterocycles. The number of hydrogen-bond donors (Lipinski definition) is 0. The average molecular weight is 389 g/mol. The highest BCUT2D eigenvalue weighted by molar-refractivity contribution is 6.00. The Labute approximate surface area is 159 Å². The molecule has 0 bridgehead atoms. The van der Waals surface area contributed by atoms with Crippen LogP contribution >= 0.6 is 0 Å². The van der Waals surface area contributed by atoms with Crippen molar-refractivity contribution in [2.75, 3.05) is 19.1 Å². The summed E-state index contributed by atoms with van der Waals surface area (Å²) in [6.45, 7) is -3.28. The largest absolute Gasteiger partial charge is 0.454 e. The van der Waals surface area contributed by atoms with Crippen LogP contribution in [0.3, 0.4) is 0 Å². The van der Waals surface area contributed by atoms with Gasteiger partial charge in [0.05, 0.1) is 29.4 Å². The molecule has 28 heavy (non-hydrogen) atoms. The van der Waals surface area contributed by atoms with Crippen LogP contribution in [0, 0.1) is 0 Å². The number of imidazole rings is 1. The summed E-state index contributed by atoms with van der Waals surface area (Å²) in [5.41, 5.74) is 0.978. The topological polar surface area (TPSA) is 73.7 Å². The number of esters is 1. The zero-order chi connectivity index (χ0) is 20.3. The molecule has 0 saturated carbocycles. The molecule has 0 atom stereocenters. The van der Waals surface area contributed by atoms with Crippen molar-refractivity contribution in [3.8, 4) is 0 Å². The number of methoxy groups -OCH3 is 1. The van der Waals surface area contributed by atoms with Gasteiger partial charge in [0, 0.05) is 7.05 Å². The fourth-order valence-electron chi connectivity index (χ4n) is 2.80. The van der Waals surface area contributed by atoms with E-state index in [-0.39, 0.29) is 22.6 Å². The van der Waals surface area contributed by atoms with Crippen LogP contribution in [-0.4, -0.2) is 35.8 Å². The van der Waals surface area contributed by atoms with E-state index >= 15 is 0 Å². The Morgan fingerprint density at radius 3 is 2.54 bits per heavy atom. The number of carbonyl (C=O) groups excluding carboxylic acids is 2. The maximum absolute atomic E-state index is 13.5. The van der Waals surface area contributed by atoms with Crippen molar-refractivity contribution < 1.29 is 27.8 Å². The van der Waals surface area contributed by atoms with Crippen LogP contribution in [0.5, 0.6) is 0 Å². The molecular weight excluding hydrogens is 372 g/mol. The molecule has 0 unspecified atom stereocenters. The highest BCUT2D eigenvalue weighted by Gasteiger charge is 2.22. The number of benzene rings is 2. The molecule has 0 saturated heterocycles. The summed E-state index contributed by atoms with van der Waals surface area (Å²) in [7, 11) is 2.66. The summed E-state index contributed by atoms with van der Waals surface area (Å²) in [6, 6.07) is 12.7. The molecule has 0 spiro atoms. The first kappa shape index (κ1) is 19.3. The molecular formula is C19H17F2N3O4. The summed E-state index contributed by atoms with van der Waals surface area (Å²) in [5.74, 6) is -0.859. The highest BCUT2D eigenvalue weighted by Crippen LogP contribution is 2.25. The maximum atomic E-state index is 13.5. The third kappa shape index (κ3) is 3.64. The first-order valence-corrected chi connectivity index (χ1v) is 8.26. The molecule has 0 aliphatic carbocycles. The van der Waals surface area contributed by atoms with E-state index < -0.39 is 25.2 Å². The van der Waals surface area contributed by atoms with Gasteiger partial charge in [-0.3, -0.25) is 9.47 Å². The summed E-state index contributed by atoms with van der Waals surface area (Å²) >= 11 is 0. The number of rotatable bonds is 5. The Morgan fingerprint density at radius 1 is 1.14 bits per heavy atom. The number of fused-ring (bicyclic) bond motifs is 1. The molecule has 7 nitrogen and oxygen atoms in total. The van der Waals surface area contributed by atoms with E-state index in [1.807, 2.05) is 0 Å². The predicted octanol–water partition coefficient (Wildman–Crippen LogP) is 3.99. The lowest BCUT2D eigenvalue weighted by atomic mass is 10.1. The quantitative estimate of drug-likeness (QED) is 0.617. The number of aromatic nitrogens is 2. The minimum absolute atomic E-state index is 0.0802. The van der Waals surface area contributed by atoms with Crippen LogP contribution in [0.25, 0.3) is 11.0 Å². The first-order valence-electron chi connectivity index (χ1n) is 8.26. The van der Waals surface area contributed by atoms with Gasteiger partial charge in [-0.05, 0) is 24.3 Å². The van der Waals surface area contributed by atoms with Gasteiger partial charge in [0.25, 0.3) is 0 Å². The van der Waals surface area contributed by atoms with Gasteiger partial charge < -0.3 is 9.47 Å². The summed E-state index contributed by atoms with van der Waals surface area (Å²) in [6.07, 6.45) is -0.667. The van der Waals surface area contributed by atoms with Gasteiger partial charge in [-0.2, -0.15) is 8.78 Å². The predicted molar refractivity (Wildman–Crippen MR) is 97.4 cm³/mol. The molecule has 1 amide bonds. The Balaban J connectivity index is 1.85. The van der Waals surface area contributed by atoms with Crippen molar-refractivity contribution in [3.05, 3.63) is 59.9 Å². The zero-order valence-corrected chi connectivity index (χ0v) is 15.1. The maximum Gasteiger partial charge on any atom is 0.413 e. The Kier molecular flexibility index (Phi) is 5.53. The van der Waals surface area contributed by atoms with Gasteiger partial charge in [0.1, 0.15) is 6.61 Å². The van der Waals surface area contributed by atoms with Crippen LogP contribution in [0.1, 0.15) is 22.7 Å². The molecule has 3 rings (SSSR count). The van der Waals surface area contributed by atoms with Crippen molar-refractivity contribution in [2.24, 2.45) is 0 Å². The van der Waals surface area contributed by atoms with Crippen LogP contribution in [-0.2, 0) is 16.1 Å². The van der Waals surface area contributed by atoms with Crippen molar-refractivity contribution in [1.29, 1.82) is 0 Å². The Hall–Kier alpha value is -3.49. The second-order valence-electron chi connectivity index (χ2n) is 5.79. The lowest BCUT2D eigenvalue weighted by Gasteiger charge is -2.18. The second-order valence-corrected chi connectivity index (χ2v) is 5.79. The number of hydrogen-bond acceptors (Lipinski definition) is 5. The molecule has 0 radical (unpaired) electrons. The van der Waals surface area contributed by atoms with Crippen LogP contribution in [0.2, 0.25) is 0 Å². The average Bonchev–Trinajstić information content (AvgIpc) is 3.09. The van der Waals surface area contributed by atoms with Gasteiger partial charge >= 0.3 is 18.6 Å². The number of alkyl halides is 2. The Morgan fingerprint density at radius 2 is 1.82 bits per heavy atom. The summed E-state index contributed by atoms with van der Waals surface area (Å²) in [5, 5.41) is 0. The SMILES string of the molecule is COC(=O)N(C)c1ccccc1C(=O)OCc1nc2ccccc2n1C(F)F. The van der Waals surface area contributed by atoms with E-state index in [1.165, 1.54) is 26.3 Å². The molecule has 1 heterocycles. The first-order chi connectivity index (χ1) is 13.4. The third-order valence-corrected chi connectivity index (χ3v) is 4.13. The number of ether oxygens (including phenoxy) is 2. The summed E-state index contributed by atoms with van der Waals surface area (Å²) in [4.78, 5) is 29.5. The standard InChI is InChI=1S/C19H17F2N3O4/c1-23(19(26)27-2)14-9-5-3-7-12(14)17(25)28-11-16-22-13-8-4-6-10-15(13)24(16)18(20)21/h3-10,18H,11H2,1-2H3. The van der Waals surface area contributed by atoms with Crippen LogP contribution in [0.4, 0.5) is 19.3 Å². The van der Waals surface area contributed by atoms with Gasteiger partial charge in [0.2, 0.25) is 0 Å². The number of amides is 1. The lowest BCUT2D eigenvalue weighted by molar-refractivity contribution is 0.0388. The monoisotopic (exact) mass is 389 g/mol. The molecule has 0 N–H and O–H groups in total. The number of para-hydroxylation sites is 3.